The third kappa shape index (κ3) is 2.46. The molecule has 6 heteroatoms. The minimum Gasteiger partial charge on any atom is -0.338 e. The molecule has 0 bridgehead atoms. The zero-order valence-electron chi connectivity index (χ0n) is 8.81. The van der Waals surface area contributed by atoms with Gasteiger partial charge in [0.05, 0.1) is 6.04 Å². The van der Waals surface area contributed by atoms with Crippen molar-refractivity contribution in [2.45, 2.75) is 18.3 Å². The summed E-state index contributed by atoms with van der Waals surface area (Å²) in [4.78, 5) is 6.57. The summed E-state index contributed by atoms with van der Waals surface area (Å²) in [6.07, 6.45) is 0. The highest BCUT2D eigenvalue weighted by atomic mass is 35.5. The summed E-state index contributed by atoms with van der Waals surface area (Å²) in [6.45, 7) is 2.90. The number of thioether (sulfide) groups is 1. The molecule has 2 unspecified atom stereocenters. The SMILES string of the molecule is CC(Cl)c1nc(C2CSCCN2C)no1. The largest absolute Gasteiger partial charge is 0.338 e. The third-order valence-corrected chi connectivity index (χ3v) is 3.70. The maximum absolute atomic E-state index is 5.88. The van der Waals surface area contributed by atoms with E-state index in [9.17, 15) is 0 Å². The predicted octanol–water partition coefficient (Wildman–Crippen LogP) is 2.09. The lowest BCUT2D eigenvalue weighted by molar-refractivity contribution is 0.256. The average Bonchev–Trinajstić information content (AvgIpc) is 2.67. The lowest BCUT2D eigenvalue weighted by Crippen LogP contribution is -2.33. The van der Waals surface area contributed by atoms with Gasteiger partial charge in [0.2, 0.25) is 5.89 Å². The van der Waals surface area contributed by atoms with E-state index in [0.29, 0.717) is 5.89 Å². The van der Waals surface area contributed by atoms with Crippen LogP contribution in [0.5, 0.6) is 0 Å². The summed E-state index contributed by atoms with van der Waals surface area (Å²) in [7, 11) is 2.09. The Balaban J connectivity index is 2.13. The molecule has 2 rings (SSSR count). The number of alkyl halides is 1. The Hall–Kier alpha value is -0.260. The standard InChI is InChI=1S/C9H14ClN3OS/c1-6(10)9-11-8(12-14-9)7-5-15-4-3-13(7)2/h6-7H,3-5H2,1-2H3. The fourth-order valence-corrected chi connectivity index (χ4v) is 2.80. The van der Waals surface area contributed by atoms with Crippen molar-refractivity contribution in [2.24, 2.45) is 0 Å². The first-order chi connectivity index (χ1) is 7.18. The maximum atomic E-state index is 5.88. The van der Waals surface area contributed by atoms with E-state index < -0.39 is 0 Å². The van der Waals surface area contributed by atoms with Crippen LogP contribution in [-0.4, -0.2) is 40.1 Å². The van der Waals surface area contributed by atoms with Crippen LogP contribution in [0.3, 0.4) is 0 Å². The van der Waals surface area contributed by atoms with Gasteiger partial charge in [-0.3, -0.25) is 4.90 Å². The van der Waals surface area contributed by atoms with E-state index in [1.165, 1.54) is 5.75 Å². The quantitative estimate of drug-likeness (QED) is 0.749. The third-order valence-electron chi connectivity index (χ3n) is 2.49. The van der Waals surface area contributed by atoms with Gasteiger partial charge in [0.15, 0.2) is 5.82 Å². The van der Waals surface area contributed by atoms with Gasteiger partial charge in [-0.15, -0.1) is 11.6 Å². The van der Waals surface area contributed by atoms with Crippen LogP contribution in [0, 0.1) is 0 Å². The highest BCUT2D eigenvalue weighted by Crippen LogP contribution is 2.27. The van der Waals surface area contributed by atoms with Crippen LogP contribution in [-0.2, 0) is 0 Å². The van der Waals surface area contributed by atoms with Crippen LogP contribution in [0.2, 0.25) is 0 Å². The summed E-state index contributed by atoms with van der Waals surface area (Å²) in [5.74, 6) is 3.46. The fraction of sp³-hybridized carbons (Fsp3) is 0.778. The zero-order chi connectivity index (χ0) is 10.8. The monoisotopic (exact) mass is 247 g/mol. The van der Waals surface area contributed by atoms with Crippen LogP contribution in [0.15, 0.2) is 4.52 Å². The molecular weight excluding hydrogens is 234 g/mol. The maximum Gasteiger partial charge on any atom is 0.244 e. The second-order valence-corrected chi connectivity index (χ2v) is 5.48. The van der Waals surface area contributed by atoms with Crippen molar-refractivity contribution in [1.29, 1.82) is 0 Å². The molecule has 0 spiro atoms. The Bertz CT molecular complexity index is 331. The second kappa shape index (κ2) is 4.72. The number of hydrogen-bond acceptors (Lipinski definition) is 5. The van der Waals surface area contributed by atoms with Crippen molar-refractivity contribution in [3.63, 3.8) is 0 Å². The van der Waals surface area contributed by atoms with Gasteiger partial charge in [0.1, 0.15) is 5.38 Å². The minimum absolute atomic E-state index is 0.215. The molecule has 4 nitrogen and oxygen atoms in total. The van der Waals surface area contributed by atoms with E-state index in [1.54, 1.807) is 0 Å². The molecule has 1 aliphatic rings. The second-order valence-electron chi connectivity index (χ2n) is 3.68. The topological polar surface area (TPSA) is 42.2 Å². The van der Waals surface area contributed by atoms with Gasteiger partial charge in [-0.1, -0.05) is 5.16 Å². The van der Waals surface area contributed by atoms with Crippen molar-refractivity contribution in [1.82, 2.24) is 15.0 Å². The van der Waals surface area contributed by atoms with Crippen LogP contribution >= 0.6 is 23.4 Å². The van der Waals surface area contributed by atoms with E-state index in [2.05, 4.69) is 22.1 Å². The molecule has 0 N–H and O–H groups in total. The van der Waals surface area contributed by atoms with Crippen LogP contribution < -0.4 is 0 Å². The molecule has 0 radical (unpaired) electrons. The summed E-state index contributed by atoms with van der Waals surface area (Å²) >= 11 is 7.80. The van der Waals surface area contributed by atoms with E-state index in [-0.39, 0.29) is 11.4 Å². The van der Waals surface area contributed by atoms with Crippen molar-refractivity contribution >= 4 is 23.4 Å². The van der Waals surface area contributed by atoms with Gasteiger partial charge in [-0.05, 0) is 14.0 Å². The van der Waals surface area contributed by atoms with Crippen LogP contribution in [0.25, 0.3) is 0 Å². The molecule has 84 valence electrons. The number of aromatic nitrogens is 2. The summed E-state index contributed by atoms with van der Waals surface area (Å²) in [5, 5.41) is 3.77. The molecule has 0 aliphatic carbocycles. The molecule has 2 atom stereocenters. The van der Waals surface area contributed by atoms with E-state index in [4.69, 9.17) is 16.1 Å². The molecule has 1 fully saturated rings. The van der Waals surface area contributed by atoms with Crippen LogP contribution in [0.4, 0.5) is 0 Å². The number of nitrogens with zero attached hydrogens (tertiary/aromatic N) is 3. The molecule has 1 aliphatic heterocycles. The zero-order valence-corrected chi connectivity index (χ0v) is 10.4. The summed E-state index contributed by atoms with van der Waals surface area (Å²) < 4.78 is 5.10. The van der Waals surface area contributed by atoms with Gasteiger partial charge in [-0.2, -0.15) is 16.7 Å². The molecule has 0 saturated carbocycles. The van der Waals surface area contributed by atoms with Gasteiger partial charge in [0.25, 0.3) is 0 Å². The Labute approximate surface area is 98.4 Å². The fourth-order valence-electron chi connectivity index (χ4n) is 1.50. The molecule has 0 aromatic carbocycles. The molecule has 1 saturated heterocycles. The lowest BCUT2D eigenvalue weighted by Gasteiger charge is -2.29. The number of hydrogen-bond donors (Lipinski definition) is 0. The van der Waals surface area contributed by atoms with E-state index in [0.717, 1.165) is 18.1 Å². The molecular formula is C9H14ClN3OS. The summed E-state index contributed by atoms with van der Waals surface area (Å²) in [6, 6.07) is 0.261. The normalized spacial score (nSPS) is 25.4. The summed E-state index contributed by atoms with van der Waals surface area (Å²) in [5.41, 5.74) is 0. The van der Waals surface area contributed by atoms with Gasteiger partial charge in [0, 0.05) is 18.1 Å². The first-order valence-corrected chi connectivity index (χ1v) is 6.53. The van der Waals surface area contributed by atoms with Gasteiger partial charge < -0.3 is 4.52 Å². The van der Waals surface area contributed by atoms with Crippen molar-refractivity contribution in [2.75, 3.05) is 25.1 Å². The first-order valence-electron chi connectivity index (χ1n) is 4.94. The van der Waals surface area contributed by atoms with Crippen molar-refractivity contribution in [3.05, 3.63) is 11.7 Å². The molecule has 2 heterocycles. The smallest absolute Gasteiger partial charge is 0.244 e. The molecule has 15 heavy (non-hydrogen) atoms. The highest BCUT2D eigenvalue weighted by Gasteiger charge is 2.26. The average molecular weight is 248 g/mol. The van der Waals surface area contributed by atoms with E-state index in [1.807, 2.05) is 18.7 Å². The van der Waals surface area contributed by atoms with Gasteiger partial charge in [-0.25, -0.2) is 0 Å². The lowest BCUT2D eigenvalue weighted by atomic mass is 10.3. The molecule has 0 amide bonds. The Kier molecular flexibility index (Phi) is 3.53. The van der Waals surface area contributed by atoms with Gasteiger partial charge >= 0.3 is 0 Å². The number of halogens is 1. The highest BCUT2D eigenvalue weighted by molar-refractivity contribution is 7.99. The van der Waals surface area contributed by atoms with Crippen molar-refractivity contribution < 1.29 is 4.52 Å². The Morgan fingerprint density at radius 2 is 2.47 bits per heavy atom. The molecule has 1 aromatic heterocycles. The first kappa shape index (κ1) is 11.2. The minimum atomic E-state index is -0.215. The Morgan fingerprint density at radius 3 is 3.07 bits per heavy atom. The molecule has 1 aromatic rings. The predicted molar refractivity (Wildman–Crippen MR) is 61.3 cm³/mol. The Morgan fingerprint density at radius 1 is 1.67 bits per heavy atom. The van der Waals surface area contributed by atoms with Crippen molar-refractivity contribution in [3.8, 4) is 0 Å². The van der Waals surface area contributed by atoms with Crippen LogP contribution in [0.1, 0.15) is 30.1 Å². The van der Waals surface area contributed by atoms with E-state index >= 15 is 0 Å². The number of rotatable bonds is 2.